The standard InChI is InChI=1S/C94H84O21S/c95-86(67-42-20-5-21-43-67)105-61-75-78(114-92-83(104-59-66-40-18-4-19-41-66)80(103-58-65-38-16-3-17-39-65)77(102-57-64-36-14-2-15-37-64)74(107-92)60-101-56-63-34-12-1-13-35-63)81(110-88(97)69-46-24-7-25-47-69)84(112-90(99)71-50-28-9-29-51-71)93(108-75)115-79-76(62-106-87(96)68-44-22-6-23-45-68)109-94(116-73-54-32-11-33-55-73)85(113-91(100)72-52-30-10-31-53-72)82(79)111-89(98)70-48-26-8-27-49-70/h1-55,74-85,92-94H,56-62H2/t74-,75-,76-,77+,78+,79-,80+,81+,82+,83-,84-,85-,92-,93+,94+/m1/s1. The minimum absolute atomic E-state index is 0.00842. The van der Waals surface area contributed by atoms with E-state index in [9.17, 15) is 14.4 Å². The molecule has 0 N–H and O–H groups in total. The molecule has 3 aliphatic heterocycles. The minimum atomic E-state index is -2.10. The summed E-state index contributed by atoms with van der Waals surface area (Å²) in [6, 6.07) is 95.5. The molecule has 0 aromatic heterocycles. The van der Waals surface area contributed by atoms with Crippen LogP contribution in [0.15, 0.2) is 339 Å². The van der Waals surface area contributed by atoms with E-state index in [0.717, 1.165) is 34.0 Å². The van der Waals surface area contributed by atoms with Gasteiger partial charge >= 0.3 is 35.8 Å². The lowest BCUT2D eigenvalue weighted by Crippen LogP contribution is -2.68. The summed E-state index contributed by atoms with van der Waals surface area (Å²) in [5, 5.41) is 0. The number of rotatable bonds is 33. The van der Waals surface area contributed by atoms with Gasteiger partial charge in [0, 0.05) is 4.90 Å². The highest BCUT2D eigenvalue weighted by atomic mass is 32.2. The molecule has 21 nitrogen and oxygen atoms in total. The van der Waals surface area contributed by atoms with Crippen LogP contribution in [0.2, 0.25) is 0 Å². The number of esters is 6. The Bertz CT molecular complexity index is 4880. The van der Waals surface area contributed by atoms with Gasteiger partial charge in [-0.25, -0.2) is 28.8 Å². The fourth-order valence-corrected chi connectivity index (χ4v) is 14.7. The third-order valence-corrected chi connectivity index (χ3v) is 20.5. The van der Waals surface area contributed by atoms with Crippen LogP contribution in [0.4, 0.5) is 0 Å². The first kappa shape index (κ1) is 80.8. The number of ether oxygens (including phenoxy) is 15. The number of hydrogen-bond donors (Lipinski definition) is 0. The Morgan fingerprint density at radius 3 is 0.905 bits per heavy atom. The summed E-state index contributed by atoms with van der Waals surface area (Å²) >= 11 is 1.11. The van der Waals surface area contributed by atoms with E-state index < -0.39 is 140 Å². The van der Waals surface area contributed by atoms with E-state index in [2.05, 4.69) is 0 Å². The van der Waals surface area contributed by atoms with Crippen molar-refractivity contribution in [2.45, 2.75) is 123 Å². The number of thioether (sulfide) groups is 1. The molecule has 0 spiro atoms. The first-order valence-corrected chi connectivity index (χ1v) is 39.0. The van der Waals surface area contributed by atoms with Crippen molar-refractivity contribution in [3.05, 3.63) is 389 Å². The van der Waals surface area contributed by atoms with Gasteiger partial charge in [-0.3, -0.25) is 0 Å². The Morgan fingerprint density at radius 2 is 0.526 bits per heavy atom. The van der Waals surface area contributed by atoms with E-state index in [1.165, 1.54) is 36.4 Å². The van der Waals surface area contributed by atoms with Crippen LogP contribution in [0, 0.1) is 0 Å². The highest BCUT2D eigenvalue weighted by Gasteiger charge is 2.60. The maximum Gasteiger partial charge on any atom is 0.338 e. The fourth-order valence-electron chi connectivity index (χ4n) is 13.6. The fraction of sp³-hybridized carbons (Fsp3) is 0.234. The molecule has 14 rings (SSSR count). The Kier molecular flexibility index (Phi) is 28.6. The van der Waals surface area contributed by atoms with Gasteiger partial charge in [-0.05, 0) is 107 Å². The van der Waals surface area contributed by atoms with Gasteiger partial charge in [0.1, 0.15) is 67.5 Å². The van der Waals surface area contributed by atoms with E-state index in [1.807, 2.05) is 127 Å². The summed E-state index contributed by atoms with van der Waals surface area (Å²) in [6.07, 6.45) is -22.7. The van der Waals surface area contributed by atoms with E-state index >= 15 is 14.4 Å². The van der Waals surface area contributed by atoms with Gasteiger partial charge in [0.15, 0.2) is 37.0 Å². The van der Waals surface area contributed by atoms with Gasteiger partial charge in [0.25, 0.3) is 0 Å². The monoisotopic (exact) mass is 1580 g/mol. The molecule has 116 heavy (non-hydrogen) atoms. The molecule has 0 aliphatic carbocycles. The topological polar surface area (TPSA) is 241 Å². The van der Waals surface area contributed by atoms with Crippen molar-refractivity contribution in [1.82, 2.24) is 0 Å². The molecule has 0 amide bonds. The normalized spacial score (nSPS) is 23.0. The van der Waals surface area contributed by atoms with Crippen LogP contribution < -0.4 is 0 Å². The molecule has 3 saturated heterocycles. The van der Waals surface area contributed by atoms with Crippen LogP contribution in [0.5, 0.6) is 0 Å². The lowest BCUT2D eigenvalue weighted by atomic mass is 9.95. The lowest BCUT2D eigenvalue weighted by Gasteiger charge is -2.51. The molecule has 11 aromatic rings. The summed E-state index contributed by atoms with van der Waals surface area (Å²) in [7, 11) is 0. The first-order valence-electron chi connectivity index (χ1n) is 38.1. The molecular weight excluding hydrogens is 1500 g/mol. The molecular formula is C94H84O21S. The number of hydrogen-bond acceptors (Lipinski definition) is 22. The van der Waals surface area contributed by atoms with E-state index in [-0.39, 0.29) is 66.4 Å². The quantitative estimate of drug-likeness (QED) is 0.0274. The highest BCUT2D eigenvalue weighted by molar-refractivity contribution is 7.99. The van der Waals surface area contributed by atoms with Crippen LogP contribution in [-0.2, 0) is 97.5 Å². The number of carbonyl (C=O) groups excluding carboxylic acids is 6. The third-order valence-electron chi connectivity index (χ3n) is 19.4. The molecule has 0 unspecified atom stereocenters. The Balaban J connectivity index is 0.944. The molecule has 0 saturated carbocycles. The zero-order chi connectivity index (χ0) is 79.6. The van der Waals surface area contributed by atoms with Gasteiger partial charge < -0.3 is 71.1 Å². The second-order valence-electron chi connectivity index (χ2n) is 27.4. The largest absolute Gasteiger partial charge is 0.459 e. The van der Waals surface area contributed by atoms with Gasteiger partial charge in [0.05, 0.1) is 66.4 Å². The molecule has 3 fully saturated rings. The number of carbonyl (C=O) groups is 6. The van der Waals surface area contributed by atoms with Gasteiger partial charge in [-0.15, -0.1) is 0 Å². The summed E-state index contributed by atoms with van der Waals surface area (Å²) in [5.41, 5.74) is 2.40. The van der Waals surface area contributed by atoms with Crippen molar-refractivity contribution in [3.8, 4) is 0 Å². The number of benzene rings is 11. The predicted molar refractivity (Wildman–Crippen MR) is 425 cm³/mol. The second-order valence-corrected chi connectivity index (χ2v) is 28.6. The maximum atomic E-state index is 15.6. The van der Waals surface area contributed by atoms with Crippen molar-refractivity contribution >= 4 is 47.6 Å². The van der Waals surface area contributed by atoms with E-state index in [4.69, 9.17) is 71.1 Å². The molecule has 22 heteroatoms. The average Bonchev–Trinajstić information content (AvgIpc) is 0.754. The lowest BCUT2D eigenvalue weighted by molar-refractivity contribution is -0.377. The molecule has 0 bridgehead atoms. The van der Waals surface area contributed by atoms with Crippen molar-refractivity contribution in [1.29, 1.82) is 0 Å². The van der Waals surface area contributed by atoms with Crippen LogP contribution >= 0.6 is 11.8 Å². The second kappa shape index (κ2) is 41.0. The van der Waals surface area contributed by atoms with Crippen molar-refractivity contribution in [2.24, 2.45) is 0 Å². The van der Waals surface area contributed by atoms with Crippen LogP contribution in [0.1, 0.15) is 84.4 Å². The van der Waals surface area contributed by atoms with Crippen LogP contribution in [0.3, 0.4) is 0 Å². The summed E-state index contributed by atoms with van der Waals surface area (Å²) < 4.78 is 105. The first-order chi connectivity index (χ1) is 57.0. The smallest absolute Gasteiger partial charge is 0.338 e. The van der Waals surface area contributed by atoms with Gasteiger partial charge in [-0.2, -0.15) is 0 Å². The molecule has 3 aliphatic rings. The highest BCUT2D eigenvalue weighted by Crippen LogP contribution is 2.43. The molecule has 11 aromatic carbocycles. The van der Waals surface area contributed by atoms with Gasteiger partial charge in [-0.1, -0.05) is 260 Å². The Labute approximate surface area is 675 Å². The minimum Gasteiger partial charge on any atom is -0.459 e. The van der Waals surface area contributed by atoms with Crippen molar-refractivity contribution < 1.29 is 99.8 Å². The van der Waals surface area contributed by atoms with Gasteiger partial charge in [0.2, 0.25) is 0 Å². The summed E-state index contributed by atoms with van der Waals surface area (Å²) in [4.78, 5) is 91.1. The molecule has 592 valence electrons. The Morgan fingerprint density at radius 1 is 0.250 bits per heavy atom. The maximum absolute atomic E-state index is 15.6. The predicted octanol–water partition coefficient (Wildman–Crippen LogP) is 15.3. The SMILES string of the molecule is O=C(OC[C@H]1O[C@@H](O[C@H]2[C@H](OC(=O)c3ccccc3)[C@@H](OC(=O)c3ccccc3)[C@H](Sc3ccccc3)O[C@@H]2COC(=O)c2ccccc2)[C@H](OC(=O)c2ccccc2)[C@@H](OC(=O)c2ccccc2)[C@H]1O[C@H]1O[C@H](COCc2ccccc2)[C@H](OCc2ccccc2)[C@H](OCc2ccccc2)[C@H]1OCc1ccccc1)c1ccccc1. The zero-order valence-corrected chi connectivity index (χ0v) is 63.7. The molecule has 15 atom stereocenters. The average molecular weight is 1580 g/mol. The molecule has 3 heterocycles. The van der Waals surface area contributed by atoms with E-state index in [1.54, 1.807) is 170 Å². The summed E-state index contributed by atoms with van der Waals surface area (Å²) in [5.74, 6) is -5.41. The molecule has 0 radical (unpaired) electrons. The zero-order valence-electron chi connectivity index (χ0n) is 62.8. The van der Waals surface area contributed by atoms with E-state index in [0.29, 0.717) is 4.90 Å². The van der Waals surface area contributed by atoms with Crippen molar-refractivity contribution in [2.75, 3.05) is 19.8 Å². The summed E-state index contributed by atoms with van der Waals surface area (Å²) in [6.45, 7) is -1.40. The van der Waals surface area contributed by atoms with Crippen LogP contribution in [-0.4, -0.2) is 147 Å². The van der Waals surface area contributed by atoms with Crippen LogP contribution in [0.25, 0.3) is 0 Å². The van der Waals surface area contributed by atoms with Crippen molar-refractivity contribution in [3.63, 3.8) is 0 Å². The third kappa shape index (κ3) is 21.8. The Hall–Kier alpha value is -11.8.